The molecule has 1 heterocycles. The van der Waals surface area contributed by atoms with Crippen LogP contribution in [0.3, 0.4) is 0 Å². The summed E-state index contributed by atoms with van der Waals surface area (Å²) in [5.74, 6) is 0.0766. The molecule has 0 aliphatic carbocycles. The topological polar surface area (TPSA) is 69.4 Å². The molecule has 0 amide bonds. The third kappa shape index (κ3) is 6.00. The molecule has 5 nitrogen and oxygen atoms in total. The van der Waals surface area contributed by atoms with Crippen LogP contribution in [0.15, 0.2) is 57.6 Å². The van der Waals surface area contributed by atoms with Crippen molar-refractivity contribution in [3.8, 4) is 17.6 Å². The molecular weight excluding hydrogens is 666 g/mol. The van der Waals surface area contributed by atoms with E-state index in [1.807, 2.05) is 13.0 Å². The Balaban J connectivity index is 0.00000320. The number of ether oxygens (including phenoxy) is 1. The molecular formula is C22H19BrFN4OPa-. The average Bonchev–Trinajstić information content (AvgIpc) is 2.73. The molecule has 0 bridgehead atoms. The summed E-state index contributed by atoms with van der Waals surface area (Å²) in [6.07, 6.45) is 7.58. The molecule has 1 aliphatic heterocycles. The van der Waals surface area contributed by atoms with Crippen molar-refractivity contribution in [2.45, 2.75) is 19.8 Å². The van der Waals surface area contributed by atoms with Gasteiger partial charge in [0.05, 0.1) is 16.1 Å². The second-order valence-electron chi connectivity index (χ2n) is 6.41. The largest absolute Gasteiger partial charge is 0.453 e. The zero-order valence-corrected chi connectivity index (χ0v) is 23.0. The third-order valence-electron chi connectivity index (χ3n) is 4.34. The molecule has 0 fully saturated rings. The van der Waals surface area contributed by atoms with Crippen molar-refractivity contribution in [2.24, 2.45) is 4.99 Å². The molecule has 0 atom stereocenters. The van der Waals surface area contributed by atoms with Crippen LogP contribution in [0, 0.1) is 62.6 Å². The van der Waals surface area contributed by atoms with E-state index in [1.54, 1.807) is 43.6 Å². The number of aliphatic imine (C=N–C) groups is 1. The van der Waals surface area contributed by atoms with Gasteiger partial charge < -0.3 is 20.6 Å². The van der Waals surface area contributed by atoms with Gasteiger partial charge in [0.15, 0.2) is 11.6 Å². The fourth-order valence-corrected chi connectivity index (χ4v) is 3.34. The van der Waals surface area contributed by atoms with E-state index in [1.165, 1.54) is 0 Å². The van der Waals surface area contributed by atoms with Crippen molar-refractivity contribution in [3.05, 3.63) is 81.4 Å². The van der Waals surface area contributed by atoms with Crippen LogP contribution in [-0.2, 0) is 6.42 Å². The maximum absolute atomic E-state index is 15.2. The minimum Gasteiger partial charge on any atom is -0.453 e. The van der Waals surface area contributed by atoms with E-state index in [0.29, 0.717) is 34.2 Å². The van der Waals surface area contributed by atoms with E-state index in [0.717, 1.165) is 16.8 Å². The number of benzene rings is 2. The van der Waals surface area contributed by atoms with Crippen molar-refractivity contribution < 1.29 is 41.4 Å². The number of nitrogens with one attached hydrogen (secondary N) is 2. The van der Waals surface area contributed by atoms with Crippen LogP contribution in [0.1, 0.15) is 23.1 Å². The molecule has 1 radical (unpaired) electrons. The molecule has 0 spiro atoms. The predicted octanol–water partition coefficient (Wildman–Crippen LogP) is 4.87. The summed E-state index contributed by atoms with van der Waals surface area (Å²) >= 11 is 3.36. The summed E-state index contributed by atoms with van der Waals surface area (Å²) in [7, 11) is 1.71. The van der Waals surface area contributed by atoms with Crippen LogP contribution in [0.2, 0.25) is 0 Å². The Morgan fingerprint density at radius 3 is 2.80 bits per heavy atom. The number of nitriles is 1. The number of halogens is 2. The van der Waals surface area contributed by atoms with E-state index in [4.69, 9.17) is 10.00 Å². The standard InChI is InChI=1S/C22H19BrFN4O.Pa/c1-14-9-15(12-25)11-18(10-14)29-22-19(23)5-3-16(21(22)24)4-6-20(26-2)17-7-8-27-28-13-17;/h3,5,7-11,27-28H,4,6H2,1-2H3;/q-1;. The number of hydrogen-bond acceptors (Lipinski definition) is 5. The van der Waals surface area contributed by atoms with Crippen LogP contribution in [0.4, 0.5) is 4.39 Å². The zero-order chi connectivity index (χ0) is 20.8. The van der Waals surface area contributed by atoms with Crippen LogP contribution in [0.5, 0.6) is 11.5 Å². The smallest absolute Gasteiger partial charge is 0.177 e. The van der Waals surface area contributed by atoms with E-state index >= 15 is 4.39 Å². The second kappa shape index (κ2) is 11.4. The van der Waals surface area contributed by atoms with Gasteiger partial charge in [-0.3, -0.25) is 0 Å². The molecule has 151 valence electrons. The van der Waals surface area contributed by atoms with Gasteiger partial charge in [0.1, 0.15) is 5.75 Å². The van der Waals surface area contributed by atoms with Gasteiger partial charge in [-0.2, -0.15) is 10.8 Å². The molecule has 0 unspecified atom stereocenters. The first-order valence-electron chi connectivity index (χ1n) is 8.94. The van der Waals surface area contributed by atoms with Gasteiger partial charge in [-0.15, -0.1) is 6.08 Å². The van der Waals surface area contributed by atoms with Crippen LogP contribution < -0.4 is 15.6 Å². The molecule has 2 N–H and O–H groups in total. The van der Waals surface area contributed by atoms with E-state index < -0.39 is 5.82 Å². The average molecular weight is 685 g/mol. The monoisotopic (exact) mass is 684 g/mol. The Kier molecular flexibility index (Phi) is 9.21. The van der Waals surface area contributed by atoms with E-state index in [-0.39, 0.29) is 38.1 Å². The number of nitrogens with zero attached hydrogens (tertiary/aromatic N) is 2. The molecule has 2 aromatic carbocycles. The first-order chi connectivity index (χ1) is 14.0. The van der Waals surface area contributed by atoms with Gasteiger partial charge in [0.25, 0.3) is 0 Å². The minimum atomic E-state index is -0.438. The number of hydrogen-bond donors (Lipinski definition) is 2. The van der Waals surface area contributed by atoms with Gasteiger partial charge >= 0.3 is 0 Å². The Bertz CT molecular complexity index is 1060. The summed E-state index contributed by atoms with van der Waals surface area (Å²) in [6.45, 7) is 1.86. The van der Waals surface area contributed by atoms with Gasteiger partial charge in [-0.25, -0.2) is 4.39 Å². The molecule has 2 aromatic rings. The Hall–Kier alpha value is -2.02. The number of allylic oxidation sites excluding steroid dienone is 2. The normalized spacial score (nSPS) is 12.8. The summed E-state index contributed by atoms with van der Waals surface area (Å²) in [5.41, 5.74) is 9.08. The molecule has 0 aromatic heterocycles. The first kappa shape index (κ1) is 24.3. The van der Waals surface area contributed by atoms with Crippen molar-refractivity contribution >= 4 is 21.6 Å². The number of rotatable bonds is 6. The van der Waals surface area contributed by atoms with Crippen LogP contribution >= 0.6 is 15.9 Å². The van der Waals surface area contributed by atoms with Crippen molar-refractivity contribution in [1.29, 1.82) is 5.26 Å². The SMILES string of the molecule is CN=C(CCc1ccc(Br)c(Oc2cc(C)cc(C#N)c2)c1F)C1=[C-]NNC=C1.[Pa]. The second-order valence-corrected chi connectivity index (χ2v) is 7.26. The molecule has 30 heavy (non-hydrogen) atoms. The Labute approximate surface area is 208 Å². The minimum absolute atomic E-state index is 0. The van der Waals surface area contributed by atoms with Crippen LogP contribution in [-0.4, -0.2) is 12.8 Å². The molecule has 8 heteroatoms. The van der Waals surface area contributed by atoms with Gasteiger partial charge in [0, 0.05) is 39.4 Å². The quantitative estimate of drug-likeness (QED) is 0.337. The molecule has 3 rings (SSSR count). The number of aryl methyl sites for hydroxylation is 2. The molecule has 0 saturated carbocycles. The van der Waals surface area contributed by atoms with Crippen LogP contribution in [0.25, 0.3) is 0 Å². The van der Waals surface area contributed by atoms with E-state index in [2.05, 4.69) is 44.0 Å². The Morgan fingerprint density at radius 1 is 1.33 bits per heavy atom. The fraction of sp³-hybridized carbons (Fsp3) is 0.182. The fourth-order valence-electron chi connectivity index (χ4n) is 2.95. The number of hydrazine groups is 1. The van der Waals surface area contributed by atoms with Gasteiger partial charge in [0.2, 0.25) is 0 Å². The predicted molar refractivity (Wildman–Crippen MR) is 114 cm³/mol. The molecule has 0 saturated heterocycles. The summed E-state index contributed by atoms with van der Waals surface area (Å²) < 4.78 is 21.5. The van der Waals surface area contributed by atoms with Crippen molar-refractivity contribution in [1.82, 2.24) is 10.9 Å². The van der Waals surface area contributed by atoms with Crippen molar-refractivity contribution in [3.63, 3.8) is 0 Å². The summed E-state index contributed by atoms with van der Waals surface area (Å²) in [4.78, 5) is 4.30. The summed E-state index contributed by atoms with van der Waals surface area (Å²) in [5, 5.41) is 9.14. The first-order valence-corrected chi connectivity index (χ1v) is 9.73. The third-order valence-corrected chi connectivity index (χ3v) is 4.97. The maximum atomic E-state index is 15.2. The summed E-state index contributed by atoms with van der Waals surface area (Å²) in [6, 6.07) is 10.7. The molecule has 1 aliphatic rings. The van der Waals surface area contributed by atoms with Gasteiger partial charge in [-0.1, -0.05) is 24.4 Å². The van der Waals surface area contributed by atoms with Crippen molar-refractivity contribution in [2.75, 3.05) is 7.05 Å². The zero-order valence-electron chi connectivity index (χ0n) is 16.6. The maximum Gasteiger partial charge on any atom is 0.177 e. The van der Waals surface area contributed by atoms with E-state index in [9.17, 15) is 0 Å². The Morgan fingerprint density at radius 2 is 2.13 bits per heavy atom. The van der Waals surface area contributed by atoms with Gasteiger partial charge in [-0.05, 0) is 70.9 Å².